The third-order valence-corrected chi connectivity index (χ3v) is 2.59. The van der Waals surface area contributed by atoms with Gasteiger partial charge in [0.25, 0.3) is 5.91 Å². The van der Waals surface area contributed by atoms with E-state index in [0.29, 0.717) is 6.54 Å². The lowest BCUT2D eigenvalue weighted by molar-refractivity contribution is -0.130. The normalized spacial score (nSPS) is 17.6. The molecule has 0 unspecified atom stereocenters. The number of hydrogen-bond donors (Lipinski definition) is 2. The third-order valence-electron chi connectivity index (χ3n) is 2.59. The lowest BCUT2D eigenvalue weighted by atomic mass is 10.1. The Labute approximate surface area is 106 Å². The van der Waals surface area contributed by atoms with Crippen molar-refractivity contribution in [2.75, 3.05) is 13.1 Å². The number of nitrogens with zero attached hydrogens (tertiary/aromatic N) is 1. The van der Waals surface area contributed by atoms with Crippen LogP contribution in [0.25, 0.3) is 0 Å². The SMILES string of the molecule is C=C(C)CNC(=O)CCN1C(=O)NC(C)(C)C1=O. The van der Waals surface area contributed by atoms with Crippen LogP contribution in [0.15, 0.2) is 12.2 Å². The average molecular weight is 253 g/mol. The number of amides is 4. The van der Waals surface area contributed by atoms with Gasteiger partial charge in [-0.2, -0.15) is 0 Å². The Morgan fingerprint density at radius 3 is 2.50 bits per heavy atom. The van der Waals surface area contributed by atoms with E-state index in [1.54, 1.807) is 20.8 Å². The molecule has 1 rings (SSSR count). The second-order valence-corrected chi connectivity index (χ2v) is 5.00. The predicted octanol–water partition coefficient (Wildman–Crippen LogP) is 0.399. The first-order valence-electron chi connectivity index (χ1n) is 5.79. The summed E-state index contributed by atoms with van der Waals surface area (Å²) in [5.74, 6) is -0.511. The summed E-state index contributed by atoms with van der Waals surface area (Å²) in [6.45, 7) is 9.24. The molecule has 0 aromatic rings. The summed E-state index contributed by atoms with van der Waals surface area (Å²) in [6, 6.07) is -0.447. The quantitative estimate of drug-likeness (QED) is 0.550. The maximum atomic E-state index is 11.8. The van der Waals surface area contributed by atoms with Crippen LogP contribution in [-0.4, -0.2) is 41.4 Å². The molecular weight excluding hydrogens is 234 g/mol. The molecule has 0 saturated carbocycles. The molecule has 18 heavy (non-hydrogen) atoms. The van der Waals surface area contributed by atoms with Crippen molar-refractivity contribution in [1.29, 1.82) is 0 Å². The van der Waals surface area contributed by atoms with Crippen LogP contribution >= 0.6 is 0 Å². The number of urea groups is 1. The number of hydrogen-bond acceptors (Lipinski definition) is 3. The molecule has 0 spiro atoms. The minimum absolute atomic E-state index is 0.0934. The Bertz CT molecular complexity index is 401. The highest BCUT2D eigenvalue weighted by molar-refractivity contribution is 6.06. The van der Waals surface area contributed by atoms with Gasteiger partial charge < -0.3 is 10.6 Å². The Balaban J connectivity index is 2.45. The maximum absolute atomic E-state index is 11.8. The summed E-state index contributed by atoms with van der Waals surface area (Å²) in [5.41, 5.74) is -0.0369. The van der Waals surface area contributed by atoms with E-state index in [9.17, 15) is 14.4 Å². The molecule has 1 saturated heterocycles. The second-order valence-electron chi connectivity index (χ2n) is 5.00. The fraction of sp³-hybridized carbons (Fsp3) is 0.583. The smallest absolute Gasteiger partial charge is 0.325 e. The van der Waals surface area contributed by atoms with E-state index in [1.165, 1.54) is 0 Å². The number of carbonyl (C=O) groups is 3. The number of nitrogens with one attached hydrogen (secondary N) is 2. The fourth-order valence-electron chi connectivity index (χ4n) is 1.57. The molecule has 1 aliphatic heterocycles. The van der Waals surface area contributed by atoms with E-state index in [0.717, 1.165) is 10.5 Å². The van der Waals surface area contributed by atoms with Gasteiger partial charge in [0.15, 0.2) is 0 Å². The number of imide groups is 1. The van der Waals surface area contributed by atoms with E-state index in [1.807, 2.05) is 0 Å². The number of carbonyl (C=O) groups excluding carboxylic acids is 3. The zero-order valence-electron chi connectivity index (χ0n) is 11.0. The average Bonchev–Trinajstić information content (AvgIpc) is 2.43. The molecular formula is C12H19N3O3. The van der Waals surface area contributed by atoms with Gasteiger partial charge in [-0.1, -0.05) is 12.2 Å². The van der Waals surface area contributed by atoms with Crippen LogP contribution < -0.4 is 10.6 Å². The van der Waals surface area contributed by atoms with Crippen LogP contribution in [0.2, 0.25) is 0 Å². The second kappa shape index (κ2) is 5.20. The van der Waals surface area contributed by atoms with Gasteiger partial charge in [-0.05, 0) is 20.8 Å². The van der Waals surface area contributed by atoms with E-state index >= 15 is 0 Å². The lowest BCUT2D eigenvalue weighted by Gasteiger charge is -2.15. The predicted molar refractivity (Wildman–Crippen MR) is 66.8 cm³/mol. The highest BCUT2D eigenvalue weighted by atomic mass is 16.2. The molecule has 0 radical (unpaired) electrons. The molecule has 4 amide bonds. The minimum atomic E-state index is -0.884. The molecule has 6 nitrogen and oxygen atoms in total. The van der Waals surface area contributed by atoms with Gasteiger partial charge in [-0.3, -0.25) is 14.5 Å². The Kier molecular flexibility index (Phi) is 4.11. The van der Waals surface area contributed by atoms with Crippen molar-refractivity contribution in [3.8, 4) is 0 Å². The first kappa shape index (κ1) is 14.2. The van der Waals surface area contributed by atoms with Crippen LogP contribution in [0.1, 0.15) is 27.2 Å². The van der Waals surface area contributed by atoms with Crippen molar-refractivity contribution in [2.24, 2.45) is 0 Å². The van der Waals surface area contributed by atoms with Gasteiger partial charge in [0.1, 0.15) is 5.54 Å². The van der Waals surface area contributed by atoms with E-state index < -0.39 is 11.6 Å². The number of rotatable bonds is 5. The highest BCUT2D eigenvalue weighted by Gasteiger charge is 2.43. The monoisotopic (exact) mass is 253 g/mol. The molecule has 0 atom stereocenters. The Morgan fingerprint density at radius 1 is 1.44 bits per heavy atom. The third kappa shape index (κ3) is 3.32. The van der Waals surface area contributed by atoms with Crippen LogP contribution in [0.5, 0.6) is 0 Å². The standard InChI is InChI=1S/C12H19N3O3/c1-8(2)7-13-9(16)5-6-15-10(17)12(3,4)14-11(15)18/h1,5-7H2,2-4H3,(H,13,16)(H,14,18). The molecule has 1 fully saturated rings. The van der Waals surface area contributed by atoms with Crippen molar-refractivity contribution in [1.82, 2.24) is 15.5 Å². The molecule has 0 bridgehead atoms. The lowest BCUT2D eigenvalue weighted by Crippen LogP contribution is -2.40. The largest absolute Gasteiger partial charge is 0.352 e. The first-order chi connectivity index (χ1) is 8.24. The van der Waals surface area contributed by atoms with Crippen LogP contribution in [0, 0.1) is 0 Å². The molecule has 1 heterocycles. The van der Waals surface area contributed by atoms with E-state index in [4.69, 9.17) is 0 Å². The van der Waals surface area contributed by atoms with Gasteiger partial charge in [-0.25, -0.2) is 4.79 Å². The summed E-state index contributed by atoms with van der Waals surface area (Å²) in [7, 11) is 0. The van der Waals surface area contributed by atoms with Crippen molar-refractivity contribution in [3.05, 3.63) is 12.2 Å². The zero-order valence-corrected chi connectivity index (χ0v) is 11.0. The van der Waals surface area contributed by atoms with Crippen molar-refractivity contribution >= 4 is 17.8 Å². The Hall–Kier alpha value is -1.85. The van der Waals surface area contributed by atoms with Gasteiger partial charge in [0, 0.05) is 19.5 Å². The molecule has 1 aliphatic rings. The van der Waals surface area contributed by atoms with Gasteiger partial charge in [0.05, 0.1) is 0 Å². The van der Waals surface area contributed by atoms with Crippen molar-refractivity contribution in [3.63, 3.8) is 0 Å². The molecule has 2 N–H and O–H groups in total. The first-order valence-corrected chi connectivity index (χ1v) is 5.79. The zero-order chi connectivity index (χ0) is 13.9. The van der Waals surface area contributed by atoms with E-state index in [-0.39, 0.29) is 24.8 Å². The molecule has 6 heteroatoms. The highest BCUT2D eigenvalue weighted by Crippen LogP contribution is 2.16. The van der Waals surface area contributed by atoms with E-state index in [2.05, 4.69) is 17.2 Å². The molecule has 100 valence electrons. The fourth-order valence-corrected chi connectivity index (χ4v) is 1.57. The van der Waals surface area contributed by atoms with Gasteiger partial charge >= 0.3 is 6.03 Å². The molecule has 0 aromatic heterocycles. The maximum Gasteiger partial charge on any atom is 0.325 e. The summed E-state index contributed by atoms with van der Waals surface area (Å²) < 4.78 is 0. The summed E-state index contributed by atoms with van der Waals surface area (Å²) in [4.78, 5) is 35.9. The molecule has 0 aromatic carbocycles. The summed E-state index contributed by atoms with van der Waals surface area (Å²) in [6.07, 6.45) is 0.0997. The molecule has 0 aliphatic carbocycles. The summed E-state index contributed by atoms with van der Waals surface area (Å²) >= 11 is 0. The minimum Gasteiger partial charge on any atom is -0.352 e. The van der Waals surface area contributed by atoms with Crippen LogP contribution in [0.4, 0.5) is 4.79 Å². The van der Waals surface area contributed by atoms with Gasteiger partial charge in [-0.15, -0.1) is 0 Å². The topological polar surface area (TPSA) is 78.5 Å². The van der Waals surface area contributed by atoms with Crippen LogP contribution in [0.3, 0.4) is 0 Å². The summed E-state index contributed by atoms with van der Waals surface area (Å²) in [5, 5.41) is 5.21. The van der Waals surface area contributed by atoms with Crippen molar-refractivity contribution in [2.45, 2.75) is 32.7 Å². The Morgan fingerprint density at radius 2 is 2.06 bits per heavy atom. The van der Waals surface area contributed by atoms with Crippen LogP contribution in [-0.2, 0) is 9.59 Å². The van der Waals surface area contributed by atoms with Crippen molar-refractivity contribution < 1.29 is 14.4 Å². The van der Waals surface area contributed by atoms with Gasteiger partial charge in [0.2, 0.25) is 5.91 Å².